The molecule has 0 spiro atoms. The SMILES string of the molecule is C[C@H](OC(=O)c1cc(=O)c2ccccc2o1)C(=O)NCc1ccco1. The second kappa shape index (κ2) is 7.04. The zero-order valence-corrected chi connectivity index (χ0v) is 13.4. The molecule has 0 saturated heterocycles. The number of amides is 1. The van der Waals surface area contributed by atoms with Crippen LogP contribution in [0, 0.1) is 0 Å². The first kappa shape index (κ1) is 16.5. The predicted octanol–water partition coefficient (Wildman–Crippen LogP) is 2.25. The van der Waals surface area contributed by atoms with Gasteiger partial charge in [0.1, 0.15) is 11.3 Å². The summed E-state index contributed by atoms with van der Waals surface area (Å²) < 4.78 is 15.5. The summed E-state index contributed by atoms with van der Waals surface area (Å²) in [5, 5.41) is 2.94. The Balaban J connectivity index is 1.67. The number of hydrogen-bond acceptors (Lipinski definition) is 6. The number of para-hydroxylation sites is 1. The third-order valence-electron chi connectivity index (χ3n) is 3.51. The third kappa shape index (κ3) is 3.77. The second-order valence-electron chi connectivity index (χ2n) is 5.32. The zero-order valence-electron chi connectivity index (χ0n) is 13.4. The number of carbonyl (C=O) groups is 2. The number of esters is 1. The van der Waals surface area contributed by atoms with Crippen molar-refractivity contribution >= 4 is 22.8 Å². The van der Waals surface area contributed by atoms with Gasteiger partial charge in [0, 0.05) is 6.07 Å². The molecule has 7 nitrogen and oxygen atoms in total. The van der Waals surface area contributed by atoms with E-state index in [2.05, 4.69) is 5.32 Å². The summed E-state index contributed by atoms with van der Waals surface area (Å²) >= 11 is 0. The number of fused-ring (bicyclic) bond motifs is 1. The van der Waals surface area contributed by atoms with Crippen LogP contribution >= 0.6 is 0 Å². The molecule has 128 valence electrons. The standard InChI is InChI=1S/C18H15NO6/c1-11(17(21)19-10-12-5-4-8-23-12)24-18(22)16-9-14(20)13-6-2-3-7-15(13)25-16/h2-9,11H,10H2,1H3,(H,19,21)/t11-/m0/s1. The first-order chi connectivity index (χ1) is 12.0. The van der Waals surface area contributed by atoms with Crippen molar-refractivity contribution in [2.75, 3.05) is 0 Å². The number of rotatable bonds is 5. The lowest BCUT2D eigenvalue weighted by Crippen LogP contribution is -2.35. The van der Waals surface area contributed by atoms with E-state index in [-0.39, 0.29) is 23.3 Å². The Morgan fingerprint density at radius 1 is 1.20 bits per heavy atom. The Kier molecular flexibility index (Phi) is 4.65. The van der Waals surface area contributed by atoms with Gasteiger partial charge in [0.15, 0.2) is 11.5 Å². The van der Waals surface area contributed by atoms with Gasteiger partial charge >= 0.3 is 5.97 Å². The van der Waals surface area contributed by atoms with Crippen LogP contribution in [-0.2, 0) is 16.1 Å². The molecule has 3 rings (SSSR count). The molecule has 25 heavy (non-hydrogen) atoms. The molecule has 3 aromatic rings. The molecule has 0 aliphatic rings. The molecule has 0 unspecified atom stereocenters. The van der Waals surface area contributed by atoms with E-state index in [0.29, 0.717) is 11.1 Å². The molecule has 7 heteroatoms. The maximum absolute atomic E-state index is 12.1. The van der Waals surface area contributed by atoms with Crippen LogP contribution in [0.5, 0.6) is 0 Å². The van der Waals surface area contributed by atoms with Crippen LogP contribution in [0.25, 0.3) is 11.0 Å². The summed E-state index contributed by atoms with van der Waals surface area (Å²) in [6.45, 7) is 1.60. The third-order valence-corrected chi connectivity index (χ3v) is 3.51. The van der Waals surface area contributed by atoms with Gasteiger partial charge in [-0.1, -0.05) is 12.1 Å². The highest BCUT2D eigenvalue weighted by molar-refractivity contribution is 5.91. The summed E-state index contributed by atoms with van der Waals surface area (Å²) in [5.41, 5.74) is -0.0828. The molecule has 0 radical (unpaired) electrons. The maximum atomic E-state index is 12.1. The Labute approximate surface area is 142 Å². The van der Waals surface area contributed by atoms with Gasteiger partial charge in [-0.3, -0.25) is 9.59 Å². The summed E-state index contributed by atoms with van der Waals surface area (Å²) in [6.07, 6.45) is 0.436. The zero-order chi connectivity index (χ0) is 17.8. The van der Waals surface area contributed by atoms with Gasteiger partial charge in [0.05, 0.1) is 18.2 Å². The van der Waals surface area contributed by atoms with Crippen LogP contribution < -0.4 is 10.7 Å². The summed E-state index contributed by atoms with van der Waals surface area (Å²) in [7, 11) is 0. The Morgan fingerprint density at radius 3 is 2.76 bits per heavy atom. The topological polar surface area (TPSA) is 98.8 Å². The smallest absolute Gasteiger partial charge is 0.375 e. The Bertz CT molecular complexity index is 957. The van der Waals surface area contributed by atoms with Crippen molar-refractivity contribution in [2.45, 2.75) is 19.6 Å². The average molecular weight is 341 g/mol. The normalized spacial score (nSPS) is 11.9. The van der Waals surface area contributed by atoms with Crippen LogP contribution in [0.2, 0.25) is 0 Å². The quantitative estimate of drug-likeness (QED) is 0.715. The molecule has 1 aromatic carbocycles. The minimum absolute atomic E-state index is 0.179. The van der Waals surface area contributed by atoms with Gasteiger partial charge < -0.3 is 18.9 Å². The van der Waals surface area contributed by atoms with Crippen molar-refractivity contribution in [3.05, 3.63) is 70.5 Å². The van der Waals surface area contributed by atoms with E-state index < -0.39 is 18.0 Å². The number of carbonyl (C=O) groups excluding carboxylic acids is 2. The van der Waals surface area contributed by atoms with Crippen molar-refractivity contribution in [2.24, 2.45) is 0 Å². The molecule has 0 fully saturated rings. The molecular formula is C18H15NO6. The second-order valence-corrected chi connectivity index (χ2v) is 5.32. The van der Waals surface area contributed by atoms with Crippen LogP contribution in [0.15, 0.2) is 62.4 Å². The van der Waals surface area contributed by atoms with Crippen LogP contribution in [0.4, 0.5) is 0 Å². The number of furan rings is 1. The highest BCUT2D eigenvalue weighted by Crippen LogP contribution is 2.13. The summed E-state index contributed by atoms with van der Waals surface area (Å²) in [6, 6.07) is 11.0. The van der Waals surface area contributed by atoms with Gasteiger partial charge in [-0.05, 0) is 31.2 Å². The largest absolute Gasteiger partial charge is 0.467 e. The van der Waals surface area contributed by atoms with Crippen molar-refractivity contribution < 1.29 is 23.2 Å². The van der Waals surface area contributed by atoms with E-state index >= 15 is 0 Å². The monoisotopic (exact) mass is 341 g/mol. The lowest BCUT2D eigenvalue weighted by Gasteiger charge is -2.12. The van der Waals surface area contributed by atoms with E-state index in [0.717, 1.165) is 6.07 Å². The van der Waals surface area contributed by atoms with E-state index in [1.165, 1.54) is 13.2 Å². The highest BCUT2D eigenvalue weighted by atomic mass is 16.6. The molecule has 2 aromatic heterocycles. The Morgan fingerprint density at radius 2 is 2.00 bits per heavy atom. The molecule has 0 aliphatic carbocycles. The molecule has 1 amide bonds. The lowest BCUT2D eigenvalue weighted by atomic mass is 10.2. The molecule has 1 N–H and O–H groups in total. The number of ether oxygens (including phenoxy) is 1. The molecule has 0 saturated carbocycles. The maximum Gasteiger partial charge on any atom is 0.375 e. The summed E-state index contributed by atoms with van der Waals surface area (Å²) in [5.74, 6) is -1.06. The van der Waals surface area contributed by atoms with Crippen LogP contribution in [0.1, 0.15) is 23.2 Å². The minimum Gasteiger partial charge on any atom is -0.467 e. The van der Waals surface area contributed by atoms with Crippen molar-refractivity contribution in [1.29, 1.82) is 0 Å². The highest BCUT2D eigenvalue weighted by Gasteiger charge is 2.21. The lowest BCUT2D eigenvalue weighted by molar-refractivity contribution is -0.129. The minimum atomic E-state index is -1.06. The number of benzene rings is 1. The molecule has 1 atom stereocenters. The van der Waals surface area contributed by atoms with E-state index in [9.17, 15) is 14.4 Å². The van der Waals surface area contributed by atoms with E-state index in [1.54, 1.807) is 36.4 Å². The number of nitrogens with one attached hydrogen (secondary N) is 1. The van der Waals surface area contributed by atoms with Gasteiger partial charge in [-0.25, -0.2) is 4.79 Å². The van der Waals surface area contributed by atoms with E-state index in [4.69, 9.17) is 13.6 Å². The van der Waals surface area contributed by atoms with Gasteiger partial charge in [0.2, 0.25) is 5.76 Å². The Hall–Kier alpha value is -3.35. The molecule has 0 bridgehead atoms. The fourth-order valence-electron chi connectivity index (χ4n) is 2.21. The van der Waals surface area contributed by atoms with Gasteiger partial charge in [0.25, 0.3) is 5.91 Å². The molecular weight excluding hydrogens is 326 g/mol. The van der Waals surface area contributed by atoms with Crippen molar-refractivity contribution in [3.8, 4) is 0 Å². The van der Waals surface area contributed by atoms with Crippen molar-refractivity contribution in [1.82, 2.24) is 5.32 Å². The first-order valence-corrected chi connectivity index (χ1v) is 7.58. The van der Waals surface area contributed by atoms with Crippen LogP contribution in [0.3, 0.4) is 0 Å². The summed E-state index contributed by atoms with van der Waals surface area (Å²) in [4.78, 5) is 36.1. The number of hydrogen-bond donors (Lipinski definition) is 1. The molecule has 0 aliphatic heterocycles. The van der Waals surface area contributed by atoms with Crippen molar-refractivity contribution in [3.63, 3.8) is 0 Å². The predicted molar refractivity (Wildman–Crippen MR) is 87.9 cm³/mol. The fourth-order valence-corrected chi connectivity index (χ4v) is 2.21. The van der Waals surface area contributed by atoms with Gasteiger partial charge in [-0.2, -0.15) is 0 Å². The average Bonchev–Trinajstić information content (AvgIpc) is 3.13. The van der Waals surface area contributed by atoms with Crippen LogP contribution in [-0.4, -0.2) is 18.0 Å². The molecule has 2 heterocycles. The fraction of sp³-hybridized carbons (Fsp3) is 0.167. The first-order valence-electron chi connectivity index (χ1n) is 7.58. The van der Waals surface area contributed by atoms with E-state index in [1.807, 2.05) is 0 Å². The van der Waals surface area contributed by atoms with Gasteiger partial charge in [-0.15, -0.1) is 0 Å².